The first-order valence-corrected chi connectivity index (χ1v) is 6.31. The van der Waals surface area contributed by atoms with Crippen LogP contribution >= 0.6 is 0 Å². The molecule has 104 valence electrons. The van der Waals surface area contributed by atoms with Crippen LogP contribution in [0.25, 0.3) is 6.08 Å². The number of halogens is 1. The van der Waals surface area contributed by atoms with Crippen LogP contribution in [-0.2, 0) is 4.79 Å². The monoisotopic (exact) mass is 280 g/mol. The summed E-state index contributed by atoms with van der Waals surface area (Å²) >= 11 is 0. The summed E-state index contributed by atoms with van der Waals surface area (Å²) in [5.41, 5.74) is 1.88. The first-order chi connectivity index (χ1) is 10.1. The Hall–Kier alpha value is -2.93. The van der Waals surface area contributed by atoms with Crippen LogP contribution < -0.4 is 4.90 Å². The molecule has 0 aliphatic carbocycles. The number of likely N-dealkylation sites (N-methyl/N-ethyl adjacent to an activating group) is 1. The smallest absolute Gasteiger partial charge is 0.250 e. The van der Waals surface area contributed by atoms with Gasteiger partial charge < -0.3 is 4.90 Å². The molecule has 1 amide bonds. The van der Waals surface area contributed by atoms with Crippen molar-refractivity contribution in [2.75, 3.05) is 11.9 Å². The van der Waals surface area contributed by atoms with E-state index in [0.29, 0.717) is 11.3 Å². The predicted molar refractivity (Wildman–Crippen MR) is 80.0 cm³/mol. The summed E-state index contributed by atoms with van der Waals surface area (Å²) in [6.45, 7) is 0. The molecule has 0 saturated carbocycles. The molecular formula is C17H13FN2O. The van der Waals surface area contributed by atoms with Crippen LogP contribution in [0.3, 0.4) is 0 Å². The fourth-order valence-corrected chi connectivity index (χ4v) is 1.76. The molecule has 0 spiro atoms. The molecule has 0 bridgehead atoms. The average Bonchev–Trinajstić information content (AvgIpc) is 2.53. The lowest BCUT2D eigenvalue weighted by Crippen LogP contribution is -2.23. The van der Waals surface area contributed by atoms with Crippen molar-refractivity contribution >= 4 is 17.7 Å². The highest BCUT2D eigenvalue weighted by Crippen LogP contribution is 2.15. The summed E-state index contributed by atoms with van der Waals surface area (Å²) in [4.78, 5) is 13.5. The summed E-state index contributed by atoms with van der Waals surface area (Å²) in [6.07, 6.45) is 3.03. The minimum absolute atomic E-state index is 0.227. The molecule has 0 fully saturated rings. The van der Waals surface area contributed by atoms with E-state index in [0.717, 1.165) is 5.56 Å². The topological polar surface area (TPSA) is 44.1 Å². The quantitative estimate of drug-likeness (QED) is 0.809. The van der Waals surface area contributed by atoms with E-state index in [4.69, 9.17) is 5.26 Å². The molecule has 2 aromatic rings. The van der Waals surface area contributed by atoms with Crippen molar-refractivity contribution in [1.82, 2.24) is 0 Å². The van der Waals surface area contributed by atoms with E-state index in [1.165, 1.54) is 23.1 Å². The fourth-order valence-electron chi connectivity index (χ4n) is 1.76. The van der Waals surface area contributed by atoms with Gasteiger partial charge in [-0.25, -0.2) is 4.39 Å². The largest absolute Gasteiger partial charge is 0.312 e. The van der Waals surface area contributed by atoms with E-state index in [1.807, 2.05) is 6.07 Å². The molecule has 0 saturated heterocycles. The summed E-state index contributed by atoms with van der Waals surface area (Å²) < 4.78 is 12.8. The highest BCUT2D eigenvalue weighted by Gasteiger charge is 2.08. The molecule has 0 atom stereocenters. The minimum atomic E-state index is -0.316. The van der Waals surface area contributed by atoms with Crippen LogP contribution in [0.15, 0.2) is 54.6 Å². The lowest BCUT2D eigenvalue weighted by Gasteiger charge is -2.15. The first kappa shape index (κ1) is 14.5. The van der Waals surface area contributed by atoms with Gasteiger partial charge in [0.25, 0.3) is 5.91 Å². The number of hydrogen-bond acceptors (Lipinski definition) is 2. The van der Waals surface area contributed by atoms with Gasteiger partial charge in [0.15, 0.2) is 0 Å². The highest BCUT2D eigenvalue weighted by molar-refractivity contribution is 6.03. The Morgan fingerprint density at radius 3 is 2.62 bits per heavy atom. The molecule has 21 heavy (non-hydrogen) atoms. The Labute approximate surface area is 122 Å². The maximum absolute atomic E-state index is 12.8. The summed E-state index contributed by atoms with van der Waals surface area (Å²) in [5.74, 6) is -0.543. The number of anilines is 1. The molecule has 0 radical (unpaired) electrons. The van der Waals surface area contributed by atoms with Gasteiger partial charge in [-0.1, -0.05) is 18.2 Å². The van der Waals surface area contributed by atoms with E-state index < -0.39 is 0 Å². The number of carbonyl (C=O) groups excluding carboxylic acids is 1. The zero-order valence-electron chi connectivity index (χ0n) is 11.5. The van der Waals surface area contributed by atoms with Gasteiger partial charge >= 0.3 is 0 Å². The molecule has 3 nitrogen and oxygen atoms in total. The van der Waals surface area contributed by atoms with E-state index in [-0.39, 0.29) is 11.7 Å². The Balaban J connectivity index is 2.12. The van der Waals surface area contributed by atoms with Gasteiger partial charge in [0.05, 0.1) is 11.6 Å². The van der Waals surface area contributed by atoms with Crippen molar-refractivity contribution in [2.45, 2.75) is 0 Å². The Morgan fingerprint density at radius 2 is 1.95 bits per heavy atom. The van der Waals surface area contributed by atoms with Crippen molar-refractivity contribution in [3.63, 3.8) is 0 Å². The Morgan fingerprint density at radius 1 is 1.24 bits per heavy atom. The Bertz CT molecular complexity index is 714. The van der Waals surface area contributed by atoms with Gasteiger partial charge in [0.1, 0.15) is 5.82 Å². The number of amides is 1. The summed E-state index contributed by atoms with van der Waals surface area (Å²) in [5, 5.41) is 8.86. The maximum atomic E-state index is 12.8. The zero-order valence-corrected chi connectivity index (χ0v) is 11.5. The minimum Gasteiger partial charge on any atom is -0.312 e. The van der Waals surface area contributed by atoms with Gasteiger partial charge in [0.2, 0.25) is 0 Å². The molecule has 4 heteroatoms. The third-order valence-corrected chi connectivity index (χ3v) is 2.98. The highest BCUT2D eigenvalue weighted by atomic mass is 19.1. The normalized spacial score (nSPS) is 10.3. The number of benzene rings is 2. The predicted octanol–water partition coefficient (Wildman–Crippen LogP) is 3.37. The fraction of sp³-hybridized carbons (Fsp3) is 0.0588. The molecule has 0 heterocycles. The summed E-state index contributed by atoms with van der Waals surface area (Å²) in [7, 11) is 1.63. The summed E-state index contributed by atoms with van der Waals surface area (Å²) in [6, 6.07) is 14.7. The van der Waals surface area contributed by atoms with E-state index in [1.54, 1.807) is 49.5 Å². The maximum Gasteiger partial charge on any atom is 0.250 e. The molecule has 0 N–H and O–H groups in total. The van der Waals surface area contributed by atoms with E-state index in [2.05, 4.69) is 0 Å². The van der Waals surface area contributed by atoms with Crippen LogP contribution in [0.5, 0.6) is 0 Å². The van der Waals surface area contributed by atoms with Crippen molar-refractivity contribution in [3.8, 4) is 6.07 Å². The number of carbonyl (C=O) groups is 1. The zero-order chi connectivity index (χ0) is 15.2. The third kappa shape index (κ3) is 3.77. The molecular weight excluding hydrogens is 267 g/mol. The molecule has 2 aromatic carbocycles. The molecule has 0 aromatic heterocycles. The van der Waals surface area contributed by atoms with Crippen LogP contribution in [0.2, 0.25) is 0 Å². The van der Waals surface area contributed by atoms with Crippen molar-refractivity contribution < 1.29 is 9.18 Å². The third-order valence-electron chi connectivity index (χ3n) is 2.98. The lowest BCUT2D eigenvalue weighted by molar-refractivity contribution is -0.113. The first-order valence-electron chi connectivity index (χ1n) is 6.31. The number of nitriles is 1. The molecule has 0 aliphatic rings. The number of nitrogens with zero attached hydrogens (tertiary/aromatic N) is 2. The van der Waals surface area contributed by atoms with Crippen LogP contribution in [-0.4, -0.2) is 13.0 Å². The second kappa shape index (κ2) is 6.49. The van der Waals surface area contributed by atoms with Gasteiger partial charge in [-0.2, -0.15) is 5.26 Å². The average molecular weight is 280 g/mol. The van der Waals surface area contributed by atoms with Crippen molar-refractivity contribution in [2.24, 2.45) is 0 Å². The van der Waals surface area contributed by atoms with Gasteiger partial charge in [-0.3, -0.25) is 4.79 Å². The number of hydrogen-bond donors (Lipinski definition) is 0. The van der Waals surface area contributed by atoms with Gasteiger partial charge in [-0.05, 0) is 42.0 Å². The molecule has 0 unspecified atom stereocenters. The van der Waals surface area contributed by atoms with E-state index >= 15 is 0 Å². The second-order valence-electron chi connectivity index (χ2n) is 4.44. The second-order valence-corrected chi connectivity index (χ2v) is 4.44. The van der Waals surface area contributed by atoms with Gasteiger partial charge in [0, 0.05) is 18.8 Å². The van der Waals surface area contributed by atoms with E-state index in [9.17, 15) is 9.18 Å². The van der Waals surface area contributed by atoms with Crippen molar-refractivity contribution in [3.05, 3.63) is 71.6 Å². The van der Waals surface area contributed by atoms with Crippen molar-refractivity contribution in [1.29, 1.82) is 5.26 Å². The lowest BCUT2D eigenvalue weighted by atomic mass is 10.2. The van der Waals surface area contributed by atoms with Crippen LogP contribution in [0.1, 0.15) is 11.1 Å². The molecule has 0 aliphatic heterocycles. The van der Waals surface area contributed by atoms with Crippen LogP contribution in [0, 0.1) is 17.1 Å². The standard InChI is InChI=1S/C17H13FN2O/c1-20(16-4-2-3-14(11-16)12-19)17(21)10-7-13-5-8-15(18)9-6-13/h2-11H,1H3. The van der Waals surface area contributed by atoms with Crippen LogP contribution in [0.4, 0.5) is 10.1 Å². The Kier molecular flexibility index (Phi) is 4.47. The number of rotatable bonds is 3. The SMILES string of the molecule is CN(C(=O)C=Cc1ccc(F)cc1)c1cccc(C#N)c1. The van der Waals surface area contributed by atoms with Gasteiger partial charge in [-0.15, -0.1) is 0 Å². The molecule has 2 rings (SSSR count).